The van der Waals surface area contributed by atoms with Gasteiger partial charge in [0.1, 0.15) is 10.8 Å². The number of amides is 1. The van der Waals surface area contributed by atoms with Crippen LogP contribution in [0.15, 0.2) is 47.4 Å². The third-order valence-electron chi connectivity index (χ3n) is 7.52. The lowest BCUT2D eigenvalue weighted by Gasteiger charge is -2.34. The molecule has 0 aliphatic carbocycles. The topological polar surface area (TPSA) is 72.0 Å². The van der Waals surface area contributed by atoms with Gasteiger partial charge in [0.2, 0.25) is 5.91 Å². The fraction of sp³-hybridized carbons (Fsp3) is 0.485. The van der Waals surface area contributed by atoms with Crippen molar-refractivity contribution in [1.29, 1.82) is 0 Å². The molecule has 0 radical (unpaired) electrons. The maximum absolute atomic E-state index is 13.2. The lowest BCUT2D eigenvalue weighted by molar-refractivity contribution is -0.150. The Hall–Kier alpha value is -3.09. The minimum absolute atomic E-state index is 0.203. The Balaban J connectivity index is 1.48. The van der Waals surface area contributed by atoms with Crippen LogP contribution >= 0.6 is 23.1 Å². The number of alkyl halides is 3. The fourth-order valence-corrected chi connectivity index (χ4v) is 7.06. The molecule has 0 saturated carbocycles. The molecule has 7 nitrogen and oxygen atoms in total. The standard InChI is InChI=1S/C33H40F3N3O4S2/c1-5-7-8-30(40)39-17-15-38(16-18-39)20-27-29(45-31(37-27)24-9-11-25(12-10-24)33(34,35)36)21-44-26-13-14-28(22(3)19-26)43-23(4)32(41)42-6-2/h9-14,19,23H,5-8,15-18,20-21H2,1-4H3. The number of rotatable bonds is 13. The third kappa shape index (κ3) is 9.70. The zero-order chi connectivity index (χ0) is 32.6. The molecule has 1 saturated heterocycles. The number of hydrogen-bond acceptors (Lipinski definition) is 8. The van der Waals surface area contributed by atoms with Crippen molar-refractivity contribution in [3.05, 3.63) is 64.2 Å². The number of carbonyl (C=O) groups excluding carboxylic acids is 2. The van der Waals surface area contributed by atoms with Gasteiger partial charge in [-0.15, -0.1) is 23.1 Å². The van der Waals surface area contributed by atoms with E-state index >= 15 is 0 Å². The van der Waals surface area contributed by atoms with Gasteiger partial charge in [0.15, 0.2) is 6.10 Å². The molecule has 0 bridgehead atoms. The van der Waals surface area contributed by atoms with Crippen LogP contribution in [0.3, 0.4) is 0 Å². The summed E-state index contributed by atoms with van der Waals surface area (Å²) in [7, 11) is 0. The molecule has 4 rings (SSSR count). The molecule has 1 amide bonds. The summed E-state index contributed by atoms with van der Waals surface area (Å²) in [5.74, 6) is 1.02. The van der Waals surface area contributed by atoms with E-state index in [0.717, 1.165) is 59.1 Å². The van der Waals surface area contributed by atoms with Crippen molar-refractivity contribution in [3.8, 4) is 16.3 Å². The maximum Gasteiger partial charge on any atom is 0.416 e. The van der Waals surface area contributed by atoms with Crippen molar-refractivity contribution in [2.75, 3.05) is 32.8 Å². The van der Waals surface area contributed by atoms with Gasteiger partial charge in [0.05, 0.1) is 17.9 Å². The molecule has 3 aromatic rings. The SMILES string of the molecule is CCCCC(=O)N1CCN(Cc2nc(-c3ccc(C(F)(F)F)cc3)sc2CSc2ccc(OC(C)C(=O)OCC)c(C)c2)CC1. The van der Waals surface area contributed by atoms with Crippen molar-refractivity contribution >= 4 is 35.0 Å². The summed E-state index contributed by atoms with van der Waals surface area (Å²) in [4.78, 5) is 35.7. The number of aryl methyl sites for hydroxylation is 1. The molecule has 1 aliphatic heterocycles. The number of thioether (sulfide) groups is 1. The number of carbonyl (C=O) groups is 2. The molecular weight excluding hydrogens is 624 g/mol. The molecule has 1 aromatic heterocycles. The Morgan fingerprint density at radius 1 is 1.07 bits per heavy atom. The van der Waals surface area contributed by atoms with E-state index in [2.05, 4.69) is 11.8 Å². The monoisotopic (exact) mass is 663 g/mol. The number of halogens is 3. The number of piperazine rings is 1. The molecule has 1 unspecified atom stereocenters. The second-order valence-electron chi connectivity index (χ2n) is 11.0. The number of ether oxygens (including phenoxy) is 2. The number of nitrogens with zero attached hydrogens (tertiary/aromatic N) is 3. The molecule has 45 heavy (non-hydrogen) atoms. The van der Waals surface area contributed by atoms with Crippen LogP contribution in [0.4, 0.5) is 13.2 Å². The average molecular weight is 664 g/mol. The summed E-state index contributed by atoms with van der Waals surface area (Å²) in [6, 6.07) is 10.9. The zero-order valence-electron chi connectivity index (χ0n) is 26.1. The molecule has 244 valence electrons. The highest BCUT2D eigenvalue weighted by atomic mass is 32.2. The third-order valence-corrected chi connectivity index (χ3v) is 9.87. The molecule has 12 heteroatoms. The highest BCUT2D eigenvalue weighted by molar-refractivity contribution is 7.98. The summed E-state index contributed by atoms with van der Waals surface area (Å²) >= 11 is 3.13. The van der Waals surface area contributed by atoms with Crippen molar-refractivity contribution in [2.45, 2.75) is 76.4 Å². The largest absolute Gasteiger partial charge is 0.479 e. The summed E-state index contributed by atoms with van der Waals surface area (Å²) in [5, 5.41) is 0.676. The Labute approximate surface area is 271 Å². The first-order chi connectivity index (χ1) is 21.5. The maximum atomic E-state index is 13.2. The van der Waals surface area contributed by atoms with E-state index in [4.69, 9.17) is 14.5 Å². The number of unbranched alkanes of at least 4 members (excludes halogenated alkanes) is 1. The van der Waals surface area contributed by atoms with E-state index in [1.165, 1.54) is 23.5 Å². The lowest BCUT2D eigenvalue weighted by atomic mass is 10.1. The molecule has 0 N–H and O–H groups in total. The summed E-state index contributed by atoms with van der Waals surface area (Å²) in [6.07, 6.45) is -2.65. The second-order valence-corrected chi connectivity index (χ2v) is 13.1. The molecule has 1 atom stereocenters. The Morgan fingerprint density at radius 3 is 2.40 bits per heavy atom. The van der Waals surface area contributed by atoms with Crippen LogP contribution in [0.2, 0.25) is 0 Å². The number of thiazole rings is 1. The number of hydrogen-bond donors (Lipinski definition) is 0. The van der Waals surface area contributed by atoms with Crippen LogP contribution in [0.25, 0.3) is 10.6 Å². The van der Waals surface area contributed by atoms with E-state index in [0.29, 0.717) is 48.1 Å². The molecule has 2 aromatic carbocycles. The molecular formula is C33H40F3N3O4S2. The van der Waals surface area contributed by atoms with E-state index in [-0.39, 0.29) is 12.5 Å². The van der Waals surface area contributed by atoms with Gasteiger partial charge in [-0.1, -0.05) is 25.5 Å². The van der Waals surface area contributed by atoms with Gasteiger partial charge in [-0.25, -0.2) is 9.78 Å². The minimum Gasteiger partial charge on any atom is -0.479 e. The summed E-state index contributed by atoms with van der Waals surface area (Å²) in [5.41, 5.74) is 1.74. The van der Waals surface area contributed by atoms with Crippen LogP contribution in [-0.2, 0) is 32.8 Å². The molecule has 1 fully saturated rings. The quantitative estimate of drug-likeness (QED) is 0.138. The zero-order valence-corrected chi connectivity index (χ0v) is 27.7. The first-order valence-corrected chi connectivity index (χ1v) is 17.0. The first kappa shape index (κ1) is 34.8. The van der Waals surface area contributed by atoms with Crippen molar-refractivity contribution in [3.63, 3.8) is 0 Å². The Morgan fingerprint density at radius 2 is 1.78 bits per heavy atom. The Kier molecular flexibility index (Phi) is 12.3. The molecule has 2 heterocycles. The fourth-order valence-electron chi connectivity index (χ4n) is 4.89. The summed E-state index contributed by atoms with van der Waals surface area (Å²) in [6.45, 7) is 11.1. The highest BCUT2D eigenvalue weighted by Crippen LogP contribution is 2.36. The predicted octanol–water partition coefficient (Wildman–Crippen LogP) is 7.59. The van der Waals surface area contributed by atoms with Crippen LogP contribution < -0.4 is 4.74 Å². The van der Waals surface area contributed by atoms with Gasteiger partial charge in [-0.3, -0.25) is 9.69 Å². The van der Waals surface area contributed by atoms with Gasteiger partial charge in [0, 0.05) is 60.2 Å². The van der Waals surface area contributed by atoms with Crippen molar-refractivity contribution in [2.24, 2.45) is 0 Å². The normalized spacial score (nSPS) is 14.8. The highest BCUT2D eigenvalue weighted by Gasteiger charge is 2.30. The van der Waals surface area contributed by atoms with Gasteiger partial charge in [0.25, 0.3) is 0 Å². The predicted molar refractivity (Wildman–Crippen MR) is 171 cm³/mol. The van der Waals surface area contributed by atoms with Crippen molar-refractivity contribution < 1.29 is 32.2 Å². The second kappa shape index (κ2) is 16.0. The smallest absolute Gasteiger partial charge is 0.416 e. The van der Waals surface area contributed by atoms with Crippen molar-refractivity contribution in [1.82, 2.24) is 14.8 Å². The van der Waals surface area contributed by atoms with E-state index in [1.54, 1.807) is 25.6 Å². The Bertz CT molecular complexity index is 1440. The summed E-state index contributed by atoms with van der Waals surface area (Å²) < 4.78 is 50.3. The number of esters is 1. The van der Waals surface area contributed by atoms with Gasteiger partial charge in [-0.2, -0.15) is 13.2 Å². The van der Waals surface area contributed by atoms with Crippen LogP contribution in [-0.4, -0.2) is 65.6 Å². The molecule has 1 aliphatic rings. The van der Waals surface area contributed by atoms with Gasteiger partial charge in [-0.05, 0) is 63.1 Å². The minimum atomic E-state index is -4.40. The van der Waals surface area contributed by atoms with Crippen LogP contribution in [0.5, 0.6) is 5.75 Å². The number of benzene rings is 2. The van der Waals surface area contributed by atoms with Crippen LogP contribution in [0.1, 0.15) is 61.7 Å². The van der Waals surface area contributed by atoms with E-state index in [9.17, 15) is 22.8 Å². The van der Waals surface area contributed by atoms with Gasteiger partial charge < -0.3 is 14.4 Å². The van der Waals surface area contributed by atoms with E-state index < -0.39 is 23.8 Å². The molecule has 0 spiro atoms. The van der Waals surface area contributed by atoms with Gasteiger partial charge >= 0.3 is 12.1 Å². The lowest BCUT2D eigenvalue weighted by Crippen LogP contribution is -2.48. The van der Waals surface area contributed by atoms with Crippen LogP contribution in [0, 0.1) is 6.92 Å². The number of aromatic nitrogens is 1. The van der Waals surface area contributed by atoms with E-state index in [1.807, 2.05) is 30.0 Å². The average Bonchev–Trinajstić information content (AvgIpc) is 3.42. The first-order valence-electron chi connectivity index (χ1n) is 15.2.